The molecule has 0 spiro atoms. The summed E-state index contributed by atoms with van der Waals surface area (Å²) in [4.78, 5) is 4.67. The third-order valence-corrected chi connectivity index (χ3v) is 4.48. The van der Waals surface area contributed by atoms with Gasteiger partial charge < -0.3 is 9.80 Å². The van der Waals surface area contributed by atoms with Crippen LogP contribution in [0.2, 0.25) is 0 Å². The molecular formula is C21H33N2O+. The lowest BCUT2D eigenvalue weighted by Crippen LogP contribution is -2.26. The van der Waals surface area contributed by atoms with E-state index in [1.807, 2.05) is 0 Å². The minimum atomic E-state index is 0.0190. The highest BCUT2D eigenvalue weighted by Gasteiger charge is 2.28. The van der Waals surface area contributed by atoms with E-state index in [2.05, 4.69) is 82.8 Å². The van der Waals surface area contributed by atoms with Crippen molar-refractivity contribution in [3.05, 3.63) is 35.6 Å². The van der Waals surface area contributed by atoms with Gasteiger partial charge in [0.1, 0.15) is 0 Å². The van der Waals surface area contributed by atoms with Crippen LogP contribution in [0.5, 0.6) is 0 Å². The maximum Gasteiger partial charge on any atom is 0.362 e. The Morgan fingerprint density at radius 3 is 2.33 bits per heavy atom. The van der Waals surface area contributed by atoms with Gasteiger partial charge in [-0.05, 0) is 79.4 Å². The Morgan fingerprint density at radius 1 is 1.04 bits per heavy atom. The molecule has 0 bridgehead atoms. The Morgan fingerprint density at radius 2 is 1.75 bits per heavy atom. The van der Waals surface area contributed by atoms with E-state index in [4.69, 9.17) is 4.42 Å². The number of hydrogen-bond donors (Lipinski definition) is 0. The lowest BCUT2D eigenvalue weighted by atomic mass is 9.91. The van der Waals surface area contributed by atoms with Crippen molar-refractivity contribution in [2.45, 2.75) is 46.5 Å². The first-order valence-corrected chi connectivity index (χ1v) is 9.00. The van der Waals surface area contributed by atoms with Crippen LogP contribution in [0.25, 0.3) is 11.0 Å². The highest BCUT2D eigenvalue weighted by atomic mass is 16.3. The van der Waals surface area contributed by atoms with Crippen LogP contribution >= 0.6 is 0 Å². The van der Waals surface area contributed by atoms with E-state index in [1.54, 1.807) is 0 Å². The van der Waals surface area contributed by atoms with Gasteiger partial charge in [0.05, 0.1) is 16.9 Å². The SMILES string of the molecule is CCN(CCCN(C)C)c1ccc2c(C)cc(C(C)(C)C)[o+]c2c1. The summed E-state index contributed by atoms with van der Waals surface area (Å²) in [5.41, 5.74) is 3.54. The Kier molecular flexibility index (Phi) is 5.87. The Balaban J connectivity index is 2.34. The zero-order valence-corrected chi connectivity index (χ0v) is 16.4. The Bertz CT molecular complexity index is 686. The standard InChI is InChI=1S/C21H33N2O/c1-8-23(13-9-12-22(6)7)17-10-11-18-16(2)14-20(21(3,4)5)24-19(18)15-17/h10-11,14-15H,8-9,12-13H2,1-7H3/q+1. The van der Waals surface area contributed by atoms with Crippen molar-refractivity contribution in [3.8, 4) is 0 Å². The monoisotopic (exact) mass is 329 g/mol. The normalized spacial score (nSPS) is 12.2. The highest BCUT2D eigenvalue weighted by Crippen LogP contribution is 2.31. The van der Waals surface area contributed by atoms with Gasteiger partial charge in [-0.3, -0.25) is 0 Å². The minimum absolute atomic E-state index is 0.0190. The number of aryl methyl sites for hydroxylation is 1. The van der Waals surface area contributed by atoms with Crippen molar-refractivity contribution in [1.29, 1.82) is 0 Å². The molecule has 0 radical (unpaired) electrons. The Labute approximate surface area is 147 Å². The third kappa shape index (κ3) is 4.47. The molecule has 0 aliphatic heterocycles. The van der Waals surface area contributed by atoms with Gasteiger partial charge in [0.2, 0.25) is 0 Å². The van der Waals surface area contributed by atoms with Crippen LogP contribution in [0, 0.1) is 6.92 Å². The summed E-state index contributed by atoms with van der Waals surface area (Å²) in [6.45, 7) is 14.2. The molecule has 0 N–H and O–H groups in total. The summed E-state index contributed by atoms with van der Waals surface area (Å²) in [5.74, 6) is 1.04. The lowest BCUT2D eigenvalue weighted by Gasteiger charge is -2.23. The maximum absolute atomic E-state index is 6.25. The molecule has 3 nitrogen and oxygen atoms in total. The first kappa shape index (κ1) is 18.7. The van der Waals surface area contributed by atoms with Crippen LogP contribution in [-0.2, 0) is 5.41 Å². The minimum Gasteiger partial charge on any atom is -0.371 e. The van der Waals surface area contributed by atoms with E-state index in [9.17, 15) is 0 Å². The second kappa shape index (κ2) is 7.52. The number of fused-ring (bicyclic) bond motifs is 1. The van der Waals surface area contributed by atoms with Gasteiger partial charge in [-0.1, -0.05) is 0 Å². The van der Waals surface area contributed by atoms with Crippen LogP contribution in [0.4, 0.5) is 5.69 Å². The van der Waals surface area contributed by atoms with Gasteiger partial charge in [0.15, 0.2) is 0 Å². The van der Waals surface area contributed by atoms with Gasteiger partial charge >= 0.3 is 11.3 Å². The summed E-state index contributed by atoms with van der Waals surface area (Å²) < 4.78 is 6.25. The molecule has 0 unspecified atom stereocenters. The van der Waals surface area contributed by atoms with Crippen LogP contribution in [0.1, 0.15) is 45.4 Å². The van der Waals surface area contributed by atoms with Gasteiger partial charge in [-0.25, -0.2) is 4.42 Å². The third-order valence-electron chi connectivity index (χ3n) is 4.48. The summed E-state index contributed by atoms with van der Waals surface area (Å²) in [7, 11) is 4.25. The van der Waals surface area contributed by atoms with Crippen molar-refractivity contribution in [2.24, 2.45) is 0 Å². The fourth-order valence-corrected chi connectivity index (χ4v) is 2.96. The predicted octanol–water partition coefficient (Wildman–Crippen LogP) is 5.10. The molecule has 0 amide bonds. The average molecular weight is 330 g/mol. The molecule has 3 heteroatoms. The highest BCUT2D eigenvalue weighted by molar-refractivity contribution is 5.83. The van der Waals surface area contributed by atoms with E-state index in [-0.39, 0.29) is 5.41 Å². The summed E-state index contributed by atoms with van der Waals surface area (Å²) in [6, 6.07) is 8.80. The fourth-order valence-electron chi connectivity index (χ4n) is 2.96. The molecule has 132 valence electrons. The molecule has 1 aromatic carbocycles. The first-order valence-electron chi connectivity index (χ1n) is 9.00. The van der Waals surface area contributed by atoms with E-state index < -0.39 is 0 Å². The van der Waals surface area contributed by atoms with Gasteiger partial charge in [-0.15, -0.1) is 0 Å². The molecule has 0 atom stereocenters. The van der Waals surface area contributed by atoms with Crippen molar-refractivity contribution >= 4 is 16.7 Å². The van der Waals surface area contributed by atoms with E-state index >= 15 is 0 Å². The Hall–Kier alpha value is -1.61. The van der Waals surface area contributed by atoms with Crippen molar-refractivity contribution in [3.63, 3.8) is 0 Å². The quantitative estimate of drug-likeness (QED) is 0.687. The second-order valence-corrected chi connectivity index (χ2v) is 7.96. The average Bonchev–Trinajstić information content (AvgIpc) is 2.50. The van der Waals surface area contributed by atoms with Crippen LogP contribution in [0.15, 0.2) is 28.7 Å². The number of nitrogens with zero attached hydrogens (tertiary/aromatic N) is 2. The number of rotatable bonds is 6. The van der Waals surface area contributed by atoms with Crippen LogP contribution < -0.4 is 4.90 Å². The van der Waals surface area contributed by atoms with Gasteiger partial charge in [0.25, 0.3) is 0 Å². The zero-order valence-electron chi connectivity index (χ0n) is 16.4. The summed E-state index contributed by atoms with van der Waals surface area (Å²) in [6.07, 6.45) is 1.16. The maximum atomic E-state index is 6.25. The molecule has 24 heavy (non-hydrogen) atoms. The van der Waals surface area contributed by atoms with Crippen LogP contribution in [0.3, 0.4) is 0 Å². The van der Waals surface area contributed by atoms with Crippen molar-refractivity contribution < 1.29 is 4.42 Å². The molecule has 1 heterocycles. The van der Waals surface area contributed by atoms with Crippen molar-refractivity contribution in [1.82, 2.24) is 4.90 Å². The summed E-state index contributed by atoms with van der Waals surface area (Å²) >= 11 is 0. The van der Waals surface area contributed by atoms with Gasteiger partial charge in [-0.2, -0.15) is 0 Å². The molecule has 0 fully saturated rings. The van der Waals surface area contributed by atoms with E-state index in [0.29, 0.717) is 0 Å². The second-order valence-electron chi connectivity index (χ2n) is 7.96. The number of anilines is 1. The smallest absolute Gasteiger partial charge is 0.362 e. The molecule has 0 saturated carbocycles. The molecular weight excluding hydrogens is 296 g/mol. The molecule has 0 saturated heterocycles. The van der Waals surface area contributed by atoms with Crippen LogP contribution in [-0.4, -0.2) is 38.6 Å². The lowest BCUT2D eigenvalue weighted by molar-refractivity contribution is 0.400. The fraction of sp³-hybridized carbons (Fsp3) is 0.571. The molecule has 2 aromatic rings. The largest absolute Gasteiger partial charge is 0.371 e. The number of benzene rings is 1. The molecule has 1 aromatic heterocycles. The predicted molar refractivity (Wildman–Crippen MR) is 105 cm³/mol. The number of hydrogen-bond acceptors (Lipinski definition) is 2. The first-order chi connectivity index (χ1) is 11.2. The summed E-state index contributed by atoms with van der Waals surface area (Å²) in [5, 5.41) is 1.20. The molecule has 0 aliphatic rings. The zero-order chi connectivity index (χ0) is 17.9. The molecule has 2 rings (SSSR count). The van der Waals surface area contributed by atoms with Crippen molar-refractivity contribution in [2.75, 3.05) is 38.6 Å². The topological polar surface area (TPSA) is 17.8 Å². The van der Waals surface area contributed by atoms with Gasteiger partial charge in [0, 0.05) is 24.8 Å². The van der Waals surface area contributed by atoms with E-state index in [0.717, 1.165) is 37.4 Å². The van der Waals surface area contributed by atoms with E-state index in [1.165, 1.54) is 16.6 Å². The molecule has 0 aliphatic carbocycles.